The molecule has 1 N–H and O–H groups in total. The van der Waals surface area contributed by atoms with Gasteiger partial charge in [0.15, 0.2) is 0 Å². The minimum Gasteiger partial charge on any atom is -0.312 e. The SMILES string of the molecule is CC(CNC1CCCC1)N1CCN(C)CC1C. The number of hydrogen-bond acceptors (Lipinski definition) is 3. The zero-order chi connectivity index (χ0) is 12.3. The summed E-state index contributed by atoms with van der Waals surface area (Å²) in [5, 5.41) is 3.76. The number of likely N-dealkylation sites (N-methyl/N-ethyl adjacent to an activating group) is 1. The summed E-state index contributed by atoms with van der Waals surface area (Å²) >= 11 is 0. The highest BCUT2D eigenvalue weighted by Crippen LogP contribution is 2.18. The highest BCUT2D eigenvalue weighted by molar-refractivity contribution is 4.83. The van der Waals surface area contributed by atoms with E-state index < -0.39 is 0 Å². The van der Waals surface area contributed by atoms with E-state index in [0.717, 1.165) is 6.04 Å². The lowest BCUT2D eigenvalue weighted by molar-refractivity contribution is 0.0664. The Morgan fingerprint density at radius 3 is 2.59 bits per heavy atom. The molecule has 1 heterocycles. The molecular weight excluding hydrogens is 210 g/mol. The molecule has 0 spiro atoms. The molecule has 0 aromatic rings. The van der Waals surface area contributed by atoms with Gasteiger partial charge < -0.3 is 10.2 Å². The van der Waals surface area contributed by atoms with Gasteiger partial charge in [0.2, 0.25) is 0 Å². The molecule has 1 saturated heterocycles. The molecule has 0 bridgehead atoms. The summed E-state index contributed by atoms with van der Waals surface area (Å²) in [5.74, 6) is 0. The van der Waals surface area contributed by atoms with Crippen LogP contribution in [0.4, 0.5) is 0 Å². The Morgan fingerprint density at radius 2 is 1.94 bits per heavy atom. The third-order valence-electron chi connectivity index (χ3n) is 4.51. The van der Waals surface area contributed by atoms with Crippen molar-refractivity contribution in [2.75, 3.05) is 33.2 Å². The topological polar surface area (TPSA) is 18.5 Å². The van der Waals surface area contributed by atoms with E-state index in [1.54, 1.807) is 0 Å². The molecular formula is C14H29N3. The largest absolute Gasteiger partial charge is 0.312 e. The van der Waals surface area contributed by atoms with Gasteiger partial charge in [-0.1, -0.05) is 12.8 Å². The predicted molar refractivity (Wildman–Crippen MR) is 73.4 cm³/mol. The second-order valence-corrected chi connectivity index (χ2v) is 6.09. The molecule has 2 aliphatic rings. The smallest absolute Gasteiger partial charge is 0.0198 e. The Balaban J connectivity index is 1.72. The maximum Gasteiger partial charge on any atom is 0.0198 e. The van der Waals surface area contributed by atoms with Crippen LogP contribution in [0.15, 0.2) is 0 Å². The Hall–Kier alpha value is -0.120. The van der Waals surface area contributed by atoms with Gasteiger partial charge in [0.05, 0.1) is 0 Å². The van der Waals surface area contributed by atoms with Crippen molar-refractivity contribution in [2.45, 2.75) is 57.7 Å². The van der Waals surface area contributed by atoms with Gasteiger partial charge in [0, 0.05) is 44.3 Å². The molecule has 1 saturated carbocycles. The third-order valence-corrected chi connectivity index (χ3v) is 4.51. The van der Waals surface area contributed by atoms with Crippen molar-refractivity contribution in [3.05, 3.63) is 0 Å². The lowest BCUT2D eigenvalue weighted by atomic mass is 10.1. The third kappa shape index (κ3) is 3.67. The number of nitrogens with zero attached hydrogens (tertiary/aromatic N) is 2. The van der Waals surface area contributed by atoms with Gasteiger partial charge in [0.1, 0.15) is 0 Å². The quantitative estimate of drug-likeness (QED) is 0.803. The van der Waals surface area contributed by atoms with Crippen LogP contribution < -0.4 is 5.32 Å². The summed E-state index contributed by atoms with van der Waals surface area (Å²) in [5.41, 5.74) is 0. The first kappa shape index (κ1) is 13.3. The Labute approximate surface area is 107 Å². The van der Waals surface area contributed by atoms with Crippen molar-refractivity contribution >= 4 is 0 Å². The molecule has 2 fully saturated rings. The first-order valence-electron chi connectivity index (χ1n) is 7.34. The first-order chi connectivity index (χ1) is 8.16. The van der Waals surface area contributed by atoms with Gasteiger partial charge in [-0.25, -0.2) is 0 Å². The number of hydrogen-bond donors (Lipinski definition) is 1. The average molecular weight is 239 g/mol. The summed E-state index contributed by atoms with van der Waals surface area (Å²) in [7, 11) is 2.23. The van der Waals surface area contributed by atoms with E-state index >= 15 is 0 Å². The Bertz CT molecular complexity index is 226. The van der Waals surface area contributed by atoms with Crippen LogP contribution in [-0.4, -0.2) is 61.2 Å². The number of rotatable bonds is 4. The Morgan fingerprint density at radius 1 is 1.24 bits per heavy atom. The van der Waals surface area contributed by atoms with Crippen molar-refractivity contribution in [2.24, 2.45) is 0 Å². The summed E-state index contributed by atoms with van der Waals surface area (Å²) in [6, 6.07) is 2.19. The molecule has 3 heteroatoms. The molecule has 100 valence electrons. The van der Waals surface area contributed by atoms with Crippen LogP contribution in [0.2, 0.25) is 0 Å². The molecule has 3 nitrogen and oxygen atoms in total. The maximum atomic E-state index is 3.76. The fraction of sp³-hybridized carbons (Fsp3) is 1.00. The zero-order valence-electron chi connectivity index (χ0n) is 11.8. The summed E-state index contributed by atoms with van der Waals surface area (Å²) in [6.45, 7) is 9.57. The first-order valence-corrected chi connectivity index (χ1v) is 7.34. The van der Waals surface area contributed by atoms with Crippen molar-refractivity contribution in [3.63, 3.8) is 0 Å². The fourth-order valence-corrected chi connectivity index (χ4v) is 3.39. The summed E-state index contributed by atoms with van der Waals surface area (Å²) < 4.78 is 0. The summed E-state index contributed by atoms with van der Waals surface area (Å²) in [6.07, 6.45) is 5.64. The Kier molecular flexibility index (Phi) is 4.83. The molecule has 0 aromatic carbocycles. The molecule has 2 unspecified atom stereocenters. The standard InChI is InChI=1S/C14H29N3/c1-12(10-15-14-6-4-5-7-14)17-9-8-16(3)11-13(17)2/h12-15H,4-11H2,1-3H3. The normalized spacial score (nSPS) is 30.9. The minimum atomic E-state index is 0.680. The highest BCUT2D eigenvalue weighted by Gasteiger charge is 2.26. The van der Waals surface area contributed by atoms with Gasteiger partial charge in [-0.05, 0) is 33.7 Å². The predicted octanol–water partition coefficient (Wildman–Crippen LogP) is 1.54. The van der Waals surface area contributed by atoms with Crippen LogP contribution in [0.5, 0.6) is 0 Å². The van der Waals surface area contributed by atoms with Crippen molar-refractivity contribution in [3.8, 4) is 0 Å². The van der Waals surface area contributed by atoms with Crippen LogP contribution in [-0.2, 0) is 0 Å². The van der Waals surface area contributed by atoms with E-state index in [4.69, 9.17) is 0 Å². The van der Waals surface area contributed by atoms with E-state index in [1.165, 1.54) is 51.9 Å². The van der Waals surface area contributed by atoms with Crippen LogP contribution in [0.3, 0.4) is 0 Å². The van der Waals surface area contributed by atoms with Crippen LogP contribution in [0, 0.1) is 0 Å². The molecule has 2 atom stereocenters. The van der Waals surface area contributed by atoms with Crippen molar-refractivity contribution in [1.82, 2.24) is 15.1 Å². The number of nitrogens with one attached hydrogen (secondary N) is 1. The van der Waals surface area contributed by atoms with Gasteiger partial charge in [-0.3, -0.25) is 4.90 Å². The fourth-order valence-electron chi connectivity index (χ4n) is 3.39. The highest BCUT2D eigenvalue weighted by atomic mass is 15.3. The van der Waals surface area contributed by atoms with Crippen LogP contribution in [0.25, 0.3) is 0 Å². The van der Waals surface area contributed by atoms with E-state index in [2.05, 4.69) is 36.0 Å². The van der Waals surface area contributed by atoms with E-state index in [0.29, 0.717) is 12.1 Å². The van der Waals surface area contributed by atoms with Crippen LogP contribution >= 0.6 is 0 Å². The summed E-state index contributed by atoms with van der Waals surface area (Å²) in [4.78, 5) is 5.11. The van der Waals surface area contributed by atoms with Gasteiger partial charge in [-0.15, -0.1) is 0 Å². The van der Waals surface area contributed by atoms with Gasteiger partial charge >= 0.3 is 0 Å². The minimum absolute atomic E-state index is 0.680. The molecule has 1 aliphatic carbocycles. The molecule has 1 aliphatic heterocycles. The second-order valence-electron chi connectivity index (χ2n) is 6.09. The monoisotopic (exact) mass is 239 g/mol. The zero-order valence-corrected chi connectivity index (χ0v) is 11.8. The molecule has 0 aromatic heterocycles. The molecule has 17 heavy (non-hydrogen) atoms. The van der Waals surface area contributed by atoms with Crippen molar-refractivity contribution < 1.29 is 0 Å². The molecule has 2 rings (SSSR count). The maximum absolute atomic E-state index is 3.76. The second kappa shape index (κ2) is 6.17. The van der Waals surface area contributed by atoms with Crippen molar-refractivity contribution in [1.29, 1.82) is 0 Å². The lowest BCUT2D eigenvalue weighted by Gasteiger charge is -2.42. The van der Waals surface area contributed by atoms with E-state index in [9.17, 15) is 0 Å². The average Bonchev–Trinajstić information content (AvgIpc) is 2.78. The van der Waals surface area contributed by atoms with Gasteiger partial charge in [-0.2, -0.15) is 0 Å². The van der Waals surface area contributed by atoms with E-state index in [-0.39, 0.29) is 0 Å². The van der Waals surface area contributed by atoms with Crippen LogP contribution in [0.1, 0.15) is 39.5 Å². The molecule has 0 radical (unpaired) electrons. The molecule has 0 amide bonds. The van der Waals surface area contributed by atoms with E-state index in [1.807, 2.05) is 0 Å². The van der Waals surface area contributed by atoms with Gasteiger partial charge in [0.25, 0.3) is 0 Å². The number of piperazine rings is 1. The lowest BCUT2D eigenvalue weighted by Crippen LogP contribution is -2.56.